The van der Waals surface area contributed by atoms with Crippen LogP contribution < -0.4 is 30.3 Å². The zero-order valence-electron chi connectivity index (χ0n) is 24.8. The quantitative estimate of drug-likeness (QED) is 0.0938. The monoisotopic (exact) mass is 600 g/mol. The molecule has 1 aliphatic rings. The summed E-state index contributed by atoms with van der Waals surface area (Å²) in [5, 5.41) is 9.37. The van der Waals surface area contributed by atoms with Crippen LogP contribution in [0.25, 0.3) is 0 Å². The number of esters is 1. The highest BCUT2D eigenvalue weighted by molar-refractivity contribution is 6.40. The molecule has 0 aromatic heterocycles. The lowest BCUT2D eigenvalue weighted by Crippen LogP contribution is -2.37. The van der Waals surface area contributed by atoms with E-state index in [9.17, 15) is 19.2 Å². The number of hydrogen-bond donors (Lipinski definition) is 3. The van der Waals surface area contributed by atoms with E-state index in [4.69, 9.17) is 14.2 Å². The van der Waals surface area contributed by atoms with Gasteiger partial charge in [0.2, 0.25) is 0 Å². The standard InChI is InChI=1S/C33H36N4O7/c1-3-42-25-17-15-23(16-18-25)33(41)44-28-19-14-22(20-29(28)43-4-2)21-34-37-32(40)31(39)36-27-13-9-8-12-26(27)30(38)35-24-10-6-5-7-11-24/h8-9,12-21,24H,3-7,10-11H2,1-2H3,(H,35,38)(H,36,39)(H,37,40)/b34-21-. The average Bonchev–Trinajstić information content (AvgIpc) is 3.03. The normalized spacial score (nSPS) is 13.1. The van der Waals surface area contributed by atoms with E-state index in [2.05, 4.69) is 21.2 Å². The summed E-state index contributed by atoms with van der Waals surface area (Å²) in [6.07, 6.45) is 6.46. The number of benzene rings is 3. The number of nitrogens with zero attached hydrogens (tertiary/aromatic N) is 1. The van der Waals surface area contributed by atoms with E-state index in [1.54, 1.807) is 73.7 Å². The molecule has 0 saturated heterocycles. The van der Waals surface area contributed by atoms with Crippen LogP contribution in [0.2, 0.25) is 0 Å². The molecule has 1 aliphatic carbocycles. The van der Waals surface area contributed by atoms with Crippen LogP contribution in [0.4, 0.5) is 5.69 Å². The maximum atomic E-state index is 12.8. The second kappa shape index (κ2) is 15.9. The van der Waals surface area contributed by atoms with Gasteiger partial charge in [-0.25, -0.2) is 10.2 Å². The Balaban J connectivity index is 1.34. The summed E-state index contributed by atoms with van der Waals surface area (Å²) in [5.41, 5.74) is 3.53. The van der Waals surface area contributed by atoms with Crippen molar-refractivity contribution in [3.63, 3.8) is 0 Å². The van der Waals surface area contributed by atoms with E-state index in [0.717, 1.165) is 32.1 Å². The molecule has 0 spiro atoms. The second-order valence-electron chi connectivity index (χ2n) is 9.99. The SMILES string of the molecule is CCOc1ccc(C(=O)Oc2ccc(/C=N\NC(=O)C(=O)Nc3ccccc3C(=O)NC3CCCCC3)cc2OCC)cc1. The minimum absolute atomic E-state index is 0.0975. The van der Waals surface area contributed by atoms with Crippen LogP contribution in [0.15, 0.2) is 71.8 Å². The zero-order valence-corrected chi connectivity index (χ0v) is 24.8. The van der Waals surface area contributed by atoms with Gasteiger partial charge in [0.1, 0.15) is 5.75 Å². The van der Waals surface area contributed by atoms with Crippen molar-refractivity contribution in [2.45, 2.75) is 52.0 Å². The lowest BCUT2D eigenvalue weighted by Gasteiger charge is -2.23. The zero-order chi connectivity index (χ0) is 31.3. The summed E-state index contributed by atoms with van der Waals surface area (Å²) in [6.45, 7) is 4.49. The highest BCUT2D eigenvalue weighted by Gasteiger charge is 2.21. The number of hydrogen-bond acceptors (Lipinski definition) is 8. The van der Waals surface area contributed by atoms with E-state index < -0.39 is 17.8 Å². The van der Waals surface area contributed by atoms with Gasteiger partial charge < -0.3 is 24.8 Å². The molecule has 11 nitrogen and oxygen atoms in total. The number of carbonyl (C=O) groups is 4. The highest BCUT2D eigenvalue weighted by Crippen LogP contribution is 2.29. The predicted octanol–water partition coefficient (Wildman–Crippen LogP) is 4.85. The third kappa shape index (κ3) is 8.90. The van der Waals surface area contributed by atoms with E-state index in [-0.39, 0.29) is 28.9 Å². The summed E-state index contributed by atoms with van der Waals surface area (Å²) >= 11 is 0. The summed E-state index contributed by atoms with van der Waals surface area (Å²) in [4.78, 5) is 50.5. The molecule has 0 atom stereocenters. The minimum Gasteiger partial charge on any atom is -0.494 e. The predicted molar refractivity (Wildman–Crippen MR) is 165 cm³/mol. The smallest absolute Gasteiger partial charge is 0.343 e. The van der Waals surface area contributed by atoms with Crippen LogP contribution in [0, 0.1) is 0 Å². The minimum atomic E-state index is -1.02. The maximum absolute atomic E-state index is 12.8. The van der Waals surface area contributed by atoms with Gasteiger partial charge in [0.15, 0.2) is 11.5 Å². The van der Waals surface area contributed by atoms with Crippen molar-refractivity contribution in [1.29, 1.82) is 0 Å². The van der Waals surface area contributed by atoms with Crippen molar-refractivity contribution in [3.8, 4) is 17.2 Å². The van der Waals surface area contributed by atoms with Gasteiger partial charge in [-0.05, 0) is 86.8 Å². The van der Waals surface area contributed by atoms with Crippen LogP contribution in [0.5, 0.6) is 17.2 Å². The molecule has 0 bridgehead atoms. The lowest BCUT2D eigenvalue weighted by atomic mass is 9.95. The van der Waals surface area contributed by atoms with Gasteiger partial charge in [-0.3, -0.25) is 14.4 Å². The molecule has 230 valence electrons. The third-order valence-corrected chi connectivity index (χ3v) is 6.82. The van der Waals surface area contributed by atoms with Crippen LogP contribution in [-0.4, -0.2) is 49.2 Å². The third-order valence-electron chi connectivity index (χ3n) is 6.82. The molecule has 3 aromatic carbocycles. The van der Waals surface area contributed by atoms with Crippen molar-refractivity contribution in [1.82, 2.24) is 10.7 Å². The fraction of sp³-hybridized carbons (Fsp3) is 0.303. The molecule has 0 unspecified atom stereocenters. The maximum Gasteiger partial charge on any atom is 0.343 e. The number of anilines is 1. The summed E-state index contributed by atoms with van der Waals surface area (Å²) in [6, 6.07) is 17.9. The first-order valence-electron chi connectivity index (χ1n) is 14.6. The van der Waals surface area contributed by atoms with Gasteiger partial charge >= 0.3 is 17.8 Å². The first-order chi connectivity index (χ1) is 21.4. The Morgan fingerprint density at radius 1 is 0.841 bits per heavy atom. The number of ether oxygens (including phenoxy) is 3. The van der Waals surface area contributed by atoms with Crippen molar-refractivity contribution in [2.24, 2.45) is 5.10 Å². The van der Waals surface area contributed by atoms with Gasteiger partial charge in [0.25, 0.3) is 5.91 Å². The molecule has 3 aromatic rings. The van der Waals surface area contributed by atoms with Gasteiger partial charge in [-0.15, -0.1) is 0 Å². The molecule has 4 rings (SSSR count). The Kier molecular flexibility index (Phi) is 11.5. The van der Waals surface area contributed by atoms with E-state index in [0.29, 0.717) is 35.8 Å². The molecule has 44 heavy (non-hydrogen) atoms. The molecule has 1 saturated carbocycles. The van der Waals surface area contributed by atoms with Crippen molar-refractivity contribution in [3.05, 3.63) is 83.4 Å². The molecule has 3 amide bonds. The Labute approximate surface area is 256 Å². The molecule has 0 radical (unpaired) electrons. The van der Waals surface area contributed by atoms with Gasteiger partial charge in [0, 0.05) is 6.04 Å². The molecule has 0 heterocycles. The molecule has 11 heteroatoms. The van der Waals surface area contributed by atoms with Crippen molar-refractivity contribution >= 4 is 35.6 Å². The number of rotatable bonds is 11. The van der Waals surface area contributed by atoms with Crippen LogP contribution >= 0.6 is 0 Å². The summed E-state index contributed by atoms with van der Waals surface area (Å²) in [7, 11) is 0. The Hall–Kier alpha value is -5.19. The average molecular weight is 601 g/mol. The Morgan fingerprint density at radius 2 is 1.57 bits per heavy atom. The van der Waals surface area contributed by atoms with E-state index in [1.807, 2.05) is 6.92 Å². The highest BCUT2D eigenvalue weighted by atomic mass is 16.6. The first-order valence-corrected chi connectivity index (χ1v) is 14.6. The Morgan fingerprint density at radius 3 is 2.30 bits per heavy atom. The molecule has 0 aliphatic heterocycles. The van der Waals surface area contributed by atoms with Gasteiger partial charge in [-0.2, -0.15) is 5.10 Å². The van der Waals surface area contributed by atoms with Crippen LogP contribution in [0.3, 0.4) is 0 Å². The fourth-order valence-corrected chi connectivity index (χ4v) is 4.67. The van der Waals surface area contributed by atoms with Crippen molar-refractivity contribution < 1.29 is 33.4 Å². The van der Waals surface area contributed by atoms with E-state index >= 15 is 0 Å². The Bertz CT molecular complexity index is 1500. The molecular weight excluding hydrogens is 564 g/mol. The summed E-state index contributed by atoms with van der Waals surface area (Å²) < 4.78 is 16.6. The number of carbonyl (C=O) groups excluding carboxylic acids is 4. The molecule has 1 fully saturated rings. The fourth-order valence-electron chi connectivity index (χ4n) is 4.67. The van der Waals surface area contributed by atoms with Crippen LogP contribution in [0.1, 0.15) is 72.2 Å². The van der Waals surface area contributed by atoms with Crippen LogP contribution in [-0.2, 0) is 9.59 Å². The second-order valence-corrected chi connectivity index (χ2v) is 9.99. The lowest BCUT2D eigenvalue weighted by molar-refractivity contribution is -0.136. The summed E-state index contributed by atoms with van der Waals surface area (Å²) in [5.74, 6) is -1.72. The largest absolute Gasteiger partial charge is 0.494 e. The number of nitrogens with one attached hydrogen (secondary N) is 3. The number of amides is 3. The number of para-hydroxylation sites is 1. The van der Waals surface area contributed by atoms with E-state index in [1.165, 1.54) is 6.21 Å². The number of hydrazone groups is 1. The molecule has 3 N–H and O–H groups in total. The van der Waals surface area contributed by atoms with Crippen molar-refractivity contribution in [2.75, 3.05) is 18.5 Å². The van der Waals surface area contributed by atoms with Gasteiger partial charge in [-0.1, -0.05) is 31.4 Å². The topological polar surface area (TPSA) is 144 Å². The first kappa shape index (κ1) is 31.7. The van der Waals surface area contributed by atoms with Gasteiger partial charge in [0.05, 0.1) is 36.2 Å². The molecular formula is C33H36N4O7.